The van der Waals surface area contributed by atoms with Crippen molar-refractivity contribution in [1.29, 1.82) is 0 Å². The molecule has 7 nitrogen and oxygen atoms in total. The molecule has 3 aliphatic heterocycles. The van der Waals surface area contributed by atoms with Crippen molar-refractivity contribution in [1.82, 2.24) is 9.99 Å². The molecular formula is C22H26N4O3. The molecule has 1 aromatic heterocycles. The van der Waals surface area contributed by atoms with E-state index < -0.39 is 6.23 Å². The molecule has 0 saturated carbocycles. The molecule has 3 unspecified atom stereocenters. The first-order chi connectivity index (χ1) is 14.1. The Balaban J connectivity index is 1.57. The molecule has 4 heterocycles. The fraction of sp³-hybridized carbons (Fsp3) is 0.455. The highest BCUT2D eigenvalue weighted by Gasteiger charge is 2.44. The van der Waals surface area contributed by atoms with Gasteiger partial charge in [0.05, 0.1) is 31.7 Å². The Morgan fingerprint density at radius 3 is 2.93 bits per heavy atom. The van der Waals surface area contributed by atoms with E-state index in [1.165, 1.54) is 0 Å². The highest BCUT2D eigenvalue weighted by Crippen LogP contribution is 2.46. The normalized spacial score (nSPS) is 27.5. The van der Waals surface area contributed by atoms with Crippen LogP contribution >= 0.6 is 0 Å². The third kappa shape index (κ3) is 2.88. The van der Waals surface area contributed by atoms with E-state index in [9.17, 15) is 5.11 Å². The van der Waals surface area contributed by atoms with Crippen LogP contribution in [0.2, 0.25) is 0 Å². The maximum absolute atomic E-state index is 10.7. The van der Waals surface area contributed by atoms with E-state index in [4.69, 9.17) is 9.47 Å². The van der Waals surface area contributed by atoms with E-state index in [0.29, 0.717) is 12.5 Å². The quantitative estimate of drug-likeness (QED) is 0.833. The number of fused-ring (bicyclic) bond motifs is 3. The molecule has 0 radical (unpaired) electrons. The van der Waals surface area contributed by atoms with Crippen LogP contribution in [0, 0.1) is 19.8 Å². The molecule has 1 aromatic carbocycles. The number of rotatable bonds is 3. The number of pyridine rings is 1. The van der Waals surface area contributed by atoms with Crippen LogP contribution in [0.15, 0.2) is 29.5 Å². The zero-order chi connectivity index (χ0) is 20.1. The van der Waals surface area contributed by atoms with E-state index >= 15 is 0 Å². The number of hydrazone groups is 1. The molecule has 2 aromatic rings. The SMILES string of the molecule is COc1ncc(C)c(-c2ccc3c(c2)NC(O)C2C=NN([C@H]4CCOC4)C32)c1C. The molecular weight excluding hydrogens is 368 g/mol. The Morgan fingerprint density at radius 2 is 2.17 bits per heavy atom. The number of methoxy groups -OCH3 is 1. The lowest BCUT2D eigenvalue weighted by Gasteiger charge is -2.39. The van der Waals surface area contributed by atoms with Crippen LogP contribution in [-0.2, 0) is 4.74 Å². The second-order valence-corrected chi connectivity index (χ2v) is 8.03. The molecule has 5 rings (SSSR count). The number of nitrogens with zero attached hydrogens (tertiary/aromatic N) is 3. The lowest BCUT2D eigenvalue weighted by atomic mass is 9.85. The average Bonchev–Trinajstić information content (AvgIpc) is 3.38. The molecule has 0 aliphatic carbocycles. The van der Waals surface area contributed by atoms with Crippen molar-refractivity contribution in [3.8, 4) is 17.0 Å². The average molecular weight is 394 g/mol. The van der Waals surface area contributed by atoms with E-state index in [1.807, 2.05) is 19.3 Å². The summed E-state index contributed by atoms with van der Waals surface area (Å²) < 4.78 is 11.0. The molecule has 29 heavy (non-hydrogen) atoms. The summed E-state index contributed by atoms with van der Waals surface area (Å²) in [5.74, 6) is 0.562. The number of hydrogen-bond donors (Lipinski definition) is 2. The number of aliphatic hydroxyl groups is 1. The predicted molar refractivity (Wildman–Crippen MR) is 111 cm³/mol. The molecule has 0 amide bonds. The fourth-order valence-corrected chi connectivity index (χ4v) is 4.86. The summed E-state index contributed by atoms with van der Waals surface area (Å²) in [5.41, 5.74) is 6.39. The van der Waals surface area contributed by atoms with Crippen molar-refractivity contribution in [2.24, 2.45) is 11.0 Å². The van der Waals surface area contributed by atoms with Crippen LogP contribution in [0.1, 0.15) is 29.2 Å². The van der Waals surface area contributed by atoms with Crippen molar-refractivity contribution in [2.75, 3.05) is 25.6 Å². The zero-order valence-corrected chi connectivity index (χ0v) is 16.9. The van der Waals surface area contributed by atoms with Gasteiger partial charge in [0.1, 0.15) is 6.23 Å². The fourth-order valence-electron chi connectivity index (χ4n) is 4.86. The third-order valence-corrected chi connectivity index (χ3v) is 6.29. The molecule has 0 spiro atoms. The van der Waals surface area contributed by atoms with Gasteiger partial charge in [0.15, 0.2) is 0 Å². The summed E-state index contributed by atoms with van der Waals surface area (Å²) in [6, 6.07) is 6.70. The van der Waals surface area contributed by atoms with E-state index in [0.717, 1.165) is 46.5 Å². The maximum atomic E-state index is 10.7. The Labute approximate surface area is 170 Å². The first-order valence-electron chi connectivity index (χ1n) is 10.1. The van der Waals surface area contributed by atoms with Crippen molar-refractivity contribution in [3.05, 3.63) is 41.1 Å². The van der Waals surface area contributed by atoms with Gasteiger partial charge in [-0.1, -0.05) is 12.1 Å². The lowest BCUT2D eigenvalue weighted by molar-refractivity contribution is 0.0673. The Kier molecular flexibility index (Phi) is 4.44. The third-order valence-electron chi connectivity index (χ3n) is 6.29. The second-order valence-electron chi connectivity index (χ2n) is 8.03. The monoisotopic (exact) mass is 394 g/mol. The summed E-state index contributed by atoms with van der Waals surface area (Å²) in [6.07, 6.45) is 4.01. The van der Waals surface area contributed by atoms with Crippen molar-refractivity contribution in [2.45, 2.75) is 38.6 Å². The van der Waals surface area contributed by atoms with Crippen LogP contribution in [-0.4, -0.2) is 53.9 Å². The lowest BCUT2D eigenvalue weighted by Crippen LogP contribution is -2.43. The van der Waals surface area contributed by atoms with Crippen molar-refractivity contribution >= 4 is 11.9 Å². The van der Waals surface area contributed by atoms with Crippen LogP contribution in [0.3, 0.4) is 0 Å². The Morgan fingerprint density at radius 1 is 1.31 bits per heavy atom. The summed E-state index contributed by atoms with van der Waals surface area (Å²) in [4.78, 5) is 4.37. The van der Waals surface area contributed by atoms with Gasteiger partial charge in [-0.05, 0) is 43.0 Å². The van der Waals surface area contributed by atoms with Crippen LogP contribution in [0.25, 0.3) is 11.1 Å². The Hall–Kier alpha value is -2.64. The molecule has 1 saturated heterocycles. The van der Waals surface area contributed by atoms with Crippen molar-refractivity contribution in [3.63, 3.8) is 0 Å². The van der Waals surface area contributed by atoms with Gasteiger partial charge in [-0.25, -0.2) is 4.98 Å². The molecule has 152 valence electrons. The van der Waals surface area contributed by atoms with Crippen LogP contribution in [0.4, 0.5) is 5.69 Å². The topological polar surface area (TPSA) is 79.2 Å². The number of benzene rings is 1. The minimum absolute atomic E-state index is 0.0242. The largest absolute Gasteiger partial charge is 0.481 e. The standard InChI is InChI=1S/C22H26N4O3/c1-12-9-23-22(28-3)13(2)19(12)14-4-5-16-18(8-14)25-21(27)17-10-24-26(20(16)17)15-6-7-29-11-15/h4-5,8-10,15,17,20-21,25,27H,6-7,11H2,1-3H3/t15-,17?,20?,21?/m0/s1. The summed E-state index contributed by atoms with van der Waals surface area (Å²) in [5, 5.41) is 20.8. The van der Waals surface area contributed by atoms with Gasteiger partial charge in [-0.2, -0.15) is 5.10 Å². The predicted octanol–water partition coefficient (Wildman–Crippen LogP) is 2.87. The van der Waals surface area contributed by atoms with Crippen LogP contribution < -0.4 is 10.1 Å². The first kappa shape index (κ1) is 18.4. The van der Waals surface area contributed by atoms with Crippen LogP contribution in [0.5, 0.6) is 5.88 Å². The number of aliphatic hydroxyl groups excluding tert-OH is 1. The molecule has 4 atom stereocenters. The first-order valence-corrected chi connectivity index (χ1v) is 10.1. The minimum Gasteiger partial charge on any atom is -0.481 e. The second kappa shape index (κ2) is 7.00. The Bertz CT molecular complexity index is 971. The van der Waals surface area contributed by atoms with Crippen molar-refractivity contribution < 1.29 is 14.6 Å². The van der Waals surface area contributed by atoms with Gasteiger partial charge < -0.3 is 19.9 Å². The van der Waals surface area contributed by atoms with E-state index in [-0.39, 0.29) is 18.0 Å². The molecule has 7 heteroatoms. The maximum Gasteiger partial charge on any atom is 0.216 e. The van der Waals surface area contributed by atoms with Gasteiger partial charge in [0.2, 0.25) is 5.88 Å². The van der Waals surface area contributed by atoms with E-state index in [1.54, 1.807) is 7.11 Å². The van der Waals surface area contributed by atoms with Gasteiger partial charge in [0, 0.05) is 35.8 Å². The number of anilines is 1. The minimum atomic E-state index is -0.673. The van der Waals surface area contributed by atoms with E-state index in [2.05, 4.69) is 45.5 Å². The molecule has 1 fully saturated rings. The summed E-state index contributed by atoms with van der Waals surface area (Å²) >= 11 is 0. The number of aromatic nitrogens is 1. The number of hydrogen-bond acceptors (Lipinski definition) is 7. The molecule has 2 N–H and O–H groups in total. The smallest absolute Gasteiger partial charge is 0.216 e. The highest BCUT2D eigenvalue weighted by atomic mass is 16.5. The molecule has 0 bridgehead atoms. The number of nitrogens with one attached hydrogen (secondary N) is 1. The summed E-state index contributed by atoms with van der Waals surface area (Å²) in [7, 11) is 1.64. The highest BCUT2D eigenvalue weighted by molar-refractivity contribution is 5.78. The number of aryl methyl sites for hydroxylation is 1. The van der Waals surface area contributed by atoms with Gasteiger partial charge >= 0.3 is 0 Å². The van der Waals surface area contributed by atoms with Gasteiger partial charge in [-0.15, -0.1) is 0 Å². The van der Waals surface area contributed by atoms with Gasteiger partial charge in [0.25, 0.3) is 0 Å². The van der Waals surface area contributed by atoms with Gasteiger partial charge in [-0.3, -0.25) is 5.01 Å². The number of ether oxygens (including phenoxy) is 2. The summed E-state index contributed by atoms with van der Waals surface area (Å²) in [6.45, 7) is 5.54. The molecule has 3 aliphatic rings. The zero-order valence-electron chi connectivity index (χ0n) is 16.9.